The van der Waals surface area contributed by atoms with Crippen LogP contribution in [0.2, 0.25) is 0 Å². The molecular weight excluding hydrogens is 756 g/mol. The molecule has 0 spiro atoms. The summed E-state index contributed by atoms with van der Waals surface area (Å²) >= 11 is 0. The average molecular weight is 825 g/mol. The number of rotatable bonds is 10. The molecule has 0 aliphatic carbocycles. The first-order valence-electron chi connectivity index (χ1n) is 21.0. The first-order chi connectivity index (χ1) is 27.3. The number of carbonyl (C=O) groups is 4. The van der Waals surface area contributed by atoms with Crippen LogP contribution >= 0.6 is 0 Å². The van der Waals surface area contributed by atoms with E-state index in [0.717, 1.165) is 25.7 Å². The molecule has 3 N–H and O–H groups in total. The van der Waals surface area contributed by atoms with Crippen molar-refractivity contribution in [2.24, 2.45) is 10.8 Å². The van der Waals surface area contributed by atoms with Gasteiger partial charge >= 0.3 is 23.9 Å². The van der Waals surface area contributed by atoms with Gasteiger partial charge in [-0.3, -0.25) is 14.4 Å². The van der Waals surface area contributed by atoms with E-state index in [4.69, 9.17) is 37.9 Å². The summed E-state index contributed by atoms with van der Waals surface area (Å²) < 4.78 is 47.7. The number of aliphatic hydroxyl groups is 3. The van der Waals surface area contributed by atoms with Gasteiger partial charge in [0.1, 0.15) is 12.2 Å². The van der Waals surface area contributed by atoms with Gasteiger partial charge in [-0.15, -0.1) is 0 Å². The normalized spacial score (nSPS) is 34.9. The molecule has 4 rings (SSSR count). The Balaban J connectivity index is 1.68. The number of hydrogen-bond donors (Lipinski definition) is 3. The molecule has 6 bridgehead atoms. The molecule has 10 atom stereocenters. The van der Waals surface area contributed by atoms with E-state index in [-0.39, 0.29) is 43.3 Å². The maximum absolute atomic E-state index is 13.4. The lowest BCUT2D eigenvalue weighted by Gasteiger charge is -2.51. The second-order valence-electron chi connectivity index (χ2n) is 17.8. The quantitative estimate of drug-likeness (QED) is 0.0883. The third-order valence-corrected chi connectivity index (χ3v) is 11.2. The number of unbranched alkanes of at least 4 members (excludes halogenated alkanes) is 4. The summed E-state index contributed by atoms with van der Waals surface area (Å²) in [5.74, 6) is -4.76. The van der Waals surface area contributed by atoms with Gasteiger partial charge in [-0.1, -0.05) is 52.5 Å². The summed E-state index contributed by atoms with van der Waals surface area (Å²) in [6.07, 6.45) is 2.95. The molecule has 3 saturated heterocycles. The molecule has 15 heteroatoms. The van der Waals surface area contributed by atoms with Crippen LogP contribution in [0.1, 0.15) is 131 Å². The van der Waals surface area contributed by atoms with Crippen LogP contribution in [0.15, 0.2) is 23.8 Å². The van der Waals surface area contributed by atoms with Crippen LogP contribution in [0.5, 0.6) is 0 Å². The Morgan fingerprint density at radius 2 is 1.64 bits per heavy atom. The van der Waals surface area contributed by atoms with Gasteiger partial charge in [-0.05, 0) is 51.7 Å². The maximum atomic E-state index is 13.4. The van der Waals surface area contributed by atoms with Crippen molar-refractivity contribution in [2.75, 3.05) is 20.3 Å². The highest BCUT2D eigenvalue weighted by Crippen LogP contribution is 2.47. The molecule has 0 unspecified atom stereocenters. The molecule has 0 aromatic heterocycles. The van der Waals surface area contributed by atoms with E-state index >= 15 is 0 Å². The Kier molecular flexibility index (Phi) is 17.7. The third-order valence-electron chi connectivity index (χ3n) is 11.2. The lowest BCUT2D eigenvalue weighted by atomic mass is 9.74. The first kappa shape index (κ1) is 47.8. The zero-order valence-electron chi connectivity index (χ0n) is 35.5. The van der Waals surface area contributed by atoms with E-state index in [2.05, 4.69) is 6.92 Å². The van der Waals surface area contributed by atoms with Crippen molar-refractivity contribution in [3.63, 3.8) is 0 Å². The fourth-order valence-corrected chi connectivity index (χ4v) is 7.84. The minimum atomic E-state index is -2.30. The largest absolute Gasteiger partial charge is 0.466 e. The highest BCUT2D eigenvalue weighted by atomic mass is 16.7. The number of carbonyl (C=O) groups excluding carboxylic acids is 4. The lowest BCUT2D eigenvalue weighted by Crippen LogP contribution is -2.62. The van der Waals surface area contributed by atoms with Crippen molar-refractivity contribution < 1.29 is 72.4 Å². The predicted molar refractivity (Wildman–Crippen MR) is 209 cm³/mol. The van der Waals surface area contributed by atoms with Gasteiger partial charge < -0.3 is 53.2 Å². The number of cyclic esters (lactones) is 1. The van der Waals surface area contributed by atoms with E-state index in [9.17, 15) is 34.5 Å². The Morgan fingerprint density at radius 1 is 0.931 bits per heavy atom. The van der Waals surface area contributed by atoms with Crippen LogP contribution in [0.25, 0.3) is 0 Å². The minimum absolute atomic E-state index is 0.0417. The molecule has 3 fully saturated rings. The van der Waals surface area contributed by atoms with Crippen molar-refractivity contribution in [3.8, 4) is 0 Å². The van der Waals surface area contributed by atoms with Gasteiger partial charge in [-0.25, -0.2) is 4.79 Å². The van der Waals surface area contributed by atoms with E-state index in [1.54, 1.807) is 46.8 Å². The summed E-state index contributed by atoms with van der Waals surface area (Å²) in [6, 6.07) is 0. The molecule has 0 saturated carbocycles. The maximum Gasteiger partial charge on any atom is 0.330 e. The highest BCUT2D eigenvalue weighted by Gasteiger charge is 2.57. The molecule has 4 aliphatic heterocycles. The zero-order chi connectivity index (χ0) is 42.7. The second-order valence-corrected chi connectivity index (χ2v) is 17.8. The highest BCUT2D eigenvalue weighted by molar-refractivity contribution is 5.83. The van der Waals surface area contributed by atoms with Crippen molar-refractivity contribution in [1.82, 2.24) is 0 Å². The summed E-state index contributed by atoms with van der Waals surface area (Å²) in [6.45, 7) is 10.5. The molecule has 4 heterocycles. The predicted octanol–water partition coefficient (Wildman–Crippen LogP) is 4.89. The summed E-state index contributed by atoms with van der Waals surface area (Å²) in [4.78, 5) is 52.2. The topological polar surface area (TPSA) is 203 Å². The van der Waals surface area contributed by atoms with Crippen molar-refractivity contribution in [3.05, 3.63) is 23.8 Å². The van der Waals surface area contributed by atoms with Gasteiger partial charge in [0.2, 0.25) is 5.79 Å². The van der Waals surface area contributed by atoms with Gasteiger partial charge in [0.05, 0.1) is 62.7 Å². The Bertz CT molecular complexity index is 1430. The van der Waals surface area contributed by atoms with Crippen molar-refractivity contribution in [1.29, 1.82) is 0 Å². The number of fused-ring (bicyclic) bond motifs is 6. The van der Waals surface area contributed by atoms with E-state index in [1.807, 2.05) is 0 Å². The van der Waals surface area contributed by atoms with Crippen molar-refractivity contribution in [2.45, 2.75) is 192 Å². The number of methoxy groups -OCH3 is 1. The summed E-state index contributed by atoms with van der Waals surface area (Å²) in [5, 5.41) is 34.1. The second kappa shape index (κ2) is 21.6. The summed E-state index contributed by atoms with van der Waals surface area (Å²) in [7, 11) is 1.21. The van der Waals surface area contributed by atoms with Gasteiger partial charge in [-0.2, -0.15) is 0 Å². The monoisotopic (exact) mass is 824 g/mol. The van der Waals surface area contributed by atoms with Crippen LogP contribution < -0.4 is 0 Å². The van der Waals surface area contributed by atoms with Crippen LogP contribution in [-0.4, -0.2) is 120 Å². The molecule has 0 radical (unpaired) electrons. The van der Waals surface area contributed by atoms with Crippen LogP contribution in [0.3, 0.4) is 0 Å². The Hall–Kier alpha value is -2.92. The minimum Gasteiger partial charge on any atom is -0.466 e. The zero-order valence-corrected chi connectivity index (χ0v) is 35.5. The molecule has 0 aromatic carbocycles. The van der Waals surface area contributed by atoms with E-state index < -0.39 is 96.6 Å². The van der Waals surface area contributed by atoms with E-state index in [1.165, 1.54) is 13.2 Å². The van der Waals surface area contributed by atoms with Crippen molar-refractivity contribution >= 4 is 23.9 Å². The van der Waals surface area contributed by atoms with Crippen LogP contribution in [0.4, 0.5) is 0 Å². The molecule has 0 amide bonds. The molecule has 4 aliphatic rings. The van der Waals surface area contributed by atoms with E-state index in [0.29, 0.717) is 38.7 Å². The fourth-order valence-electron chi connectivity index (χ4n) is 7.84. The number of hydrogen-bond acceptors (Lipinski definition) is 15. The molecule has 15 nitrogen and oxygen atoms in total. The van der Waals surface area contributed by atoms with Gasteiger partial charge in [0.25, 0.3) is 0 Å². The number of ether oxygens (including phenoxy) is 8. The van der Waals surface area contributed by atoms with Gasteiger partial charge in [0, 0.05) is 50.0 Å². The smallest absolute Gasteiger partial charge is 0.330 e. The average Bonchev–Trinajstić information content (AvgIpc) is 3.14. The number of aliphatic hydroxyl groups excluding tert-OH is 2. The third kappa shape index (κ3) is 13.8. The molecule has 0 aromatic rings. The number of esters is 4. The standard InChI is InChI=1S/C43H68O15/c1-8-9-10-11-12-13-35(46)57-39-27(19-36(47)51-7)18-33-25-34(26-44)54-37(48)21-28(45)20-30-23-32(56-40(49)41(2,3)4)24-31(53-30)22-29-15-17-52-38(55-29)14-16-42(5,6)43(39,50)58-33/h14,16,19,28-34,38-39,44-45,50H,8-13,15,17-18,20-26H2,1-7H3/b16-14+,27-19+/t28-,29+,30-,31+,32-,33+,34-,38+,39+,43-/m1/s1. The van der Waals surface area contributed by atoms with Crippen LogP contribution in [0, 0.1) is 10.8 Å². The SMILES string of the molecule is CCCCCCCC(=O)O[C@H]1/C(=C/C(=O)OC)C[C@H]2C[C@H](CO)OC(=O)C[C@H](O)C[C@@H]3C[C@@H](OC(=O)C(C)(C)C)C[C@H](C[C@@H]4CCO[C@H](/C=C/C(C)(C)[C@]1(O)O2)O4)O3. The summed E-state index contributed by atoms with van der Waals surface area (Å²) in [5.41, 5.74) is -1.86. The fraction of sp³-hybridized carbons (Fsp3) is 0.814. The first-order valence-corrected chi connectivity index (χ1v) is 21.0. The lowest BCUT2D eigenvalue weighted by molar-refractivity contribution is -0.327. The Morgan fingerprint density at radius 3 is 2.31 bits per heavy atom. The van der Waals surface area contributed by atoms with Crippen LogP contribution in [-0.2, 0) is 57.1 Å². The molecular formula is C43H68O15. The molecule has 330 valence electrons. The Labute approximate surface area is 343 Å². The molecule has 58 heavy (non-hydrogen) atoms. The van der Waals surface area contributed by atoms with Gasteiger partial charge in [0.15, 0.2) is 12.4 Å².